The second-order valence-electron chi connectivity index (χ2n) is 7.61. The van der Waals surface area contributed by atoms with Gasteiger partial charge in [-0.1, -0.05) is 13.0 Å². The Morgan fingerprint density at radius 3 is 2.64 bits per heavy atom. The quantitative estimate of drug-likeness (QED) is 0.612. The molecule has 0 spiro atoms. The predicted molar refractivity (Wildman–Crippen MR) is 105 cm³/mol. The molecule has 0 radical (unpaired) electrons. The summed E-state index contributed by atoms with van der Waals surface area (Å²) in [5.74, 6) is -3.61. The molecule has 152 valence electrons. The van der Waals surface area contributed by atoms with Gasteiger partial charge in [-0.25, -0.2) is 18.7 Å². The Morgan fingerprint density at radius 1 is 1.36 bits per heavy atom. The standard InChI is InChI=1S/C17H21F2N5O.C3H6/c1-9-3-4-11(6-24(9)8-25)23-16-13-12(14-10(2)17(14,18)19)5-20-15(13)21-7-22-16;1-3-2/h5,7-11,14H,3-4,6H2,1-2H3,(H2,20,21,22,23);3H,1H2,2H3. The van der Waals surface area contributed by atoms with Gasteiger partial charge in [-0.15, -0.1) is 6.58 Å². The number of amides is 1. The molecule has 2 fully saturated rings. The third kappa shape index (κ3) is 3.59. The number of halogens is 2. The van der Waals surface area contributed by atoms with Gasteiger partial charge in [-0.05, 0) is 32.3 Å². The molecule has 1 saturated heterocycles. The van der Waals surface area contributed by atoms with E-state index in [1.165, 1.54) is 6.33 Å². The molecule has 3 heterocycles. The monoisotopic (exact) mass is 391 g/mol. The van der Waals surface area contributed by atoms with Gasteiger partial charge in [0.2, 0.25) is 6.41 Å². The molecule has 2 N–H and O–H groups in total. The lowest BCUT2D eigenvalue weighted by molar-refractivity contribution is -0.121. The van der Waals surface area contributed by atoms with Gasteiger partial charge in [0.1, 0.15) is 17.8 Å². The van der Waals surface area contributed by atoms with E-state index in [4.69, 9.17) is 0 Å². The highest BCUT2D eigenvalue weighted by Crippen LogP contribution is 2.62. The fraction of sp³-hybridized carbons (Fsp3) is 0.550. The first-order chi connectivity index (χ1) is 13.3. The van der Waals surface area contributed by atoms with Crippen LogP contribution in [0.1, 0.15) is 45.1 Å². The van der Waals surface area contributed by atoms with Crippen LogP contribution in [0.15, 0.2) is 25.2 Å². The number of H-pyrrole nitrogens is 1. The lowest BCUT2D eigenvalue weighted by Crippen LogP contribution is -2.46. The molecule has 1 aliphatic carbocycles. The summed E-state index contributed by atoms with van der Waals surface area (Å²) in [4.78, 5) is 24.4. The Balaban J connectivity index is 0.000000706. The van der Waals surface area contributed by atoms with E-state index < -0.39 is 17.8 Å². The van der Waals surface area contributed by atoms with Gasteiger partial charge in [-0.3, -0.25) is 4.79 Å². The fourth-order valence-corrected chi connectivity index (χ4v) is 3.89. The molecule has 0 bridgehead atoms. The Labute approximate surface area is 163 Å². The summed E-state index contributed by atoms with van der Waals surface area (Å²) < 4.78 is 27.8. The molecule has 1 aliphatic heterocycles. The summed E-state index contributed by atoms with van der Waals surface area (Å²) in [6.45, 7) is 9.41. The normalized spacial score (nSPS) is 28.2. The maximum Gasteiger partial charge on any atom is 0.258 e. The highest BCUT2D eigenvalue weighted by Gasteiger charge is 2.66. The first-order valence-corrected chi connectivity index (χ1v) is 9.59. The van der Waals surface area contributed by atoms with Crippen molar-refractivity contribution in [2.75, 3.05) is 11.9 Å². The van der Waals surface area contributed by atoms with Gasteiger partial charge >= 0.3 is 0 Å². The number of hydrogen-bond acceptors (Lipinski definition) is 4. The summed E-state index contributed by atoms with van der Waals surface area (Å²) in [5.41, 5.74) is 1.12. The largest absolute Gasteiger partial charge is 0.365 e. The number of aromatic amines is 1. The molecule has 2 aromatic rings. The van der Waals surface area contributed by atoms with Crippen molar-refractivity contribution in [2.24, 2.45) is 5.92 Å². The van der Waals surface area contributed by atoms with Gasteiger partial charge in [-0.2, -0.15) is 0 Å². The van der Waals surface area contributed by atoms with Gasteiger partial charge in [0.25, 0.3) is 5.92 Å². The molecule has 2 aromatic heterocycles. The molecule has 4 unspecified atom stereocenters. The molecule has 8 heteroatoms. The minimum Gasteiger partial charge on any atom is -0.365 e. The first kappa shape index (κ1) is 20.2. The predicted octanol–water partition coefficient (Wildman–Crippen LogP) is 3.94. The zero-order chi connectivity index (χ0) is 20.5. The lowest BCUT2D eigenvalue weighted by atomic mass is 10.00. The van der Waals surface area contributed by atoms with Crippen LogP contribution < -0.4 is 5.32 Å². The summed E-state index contributed by atoms with van der Waals surface area (Å²) >= 11 is 0. The average molecular weight is 391 g/mol. The second-order valence-corrected chi connectivity index (χ2v) is 7.61. The van der Waals surface area contributed by atoms with Gasteiger partial charge in [0.05, 0.1) is 11.3 Å². The van der Waals surface area contributed by atoms with E-state index >= 15 is 0 Å². The molecule has 2 aliphatic rings. The van der Waals surface area contributed by atoms with Crippen molar-refractivity contribution in [2.45, 2.75) is 57.5 Å². The van der Waals surface area contributed by atoms with E-state index in [0.717, 1.165) is 19.3 Å². The zero-order valence-corrected chi connectivity index (χ0v) is 16.5. The molecule has 4 rings (SSSR count). The number of nitrogens with one attached hydrogen (secondary N) is 2. The number of aromatic nitrogens is 3. The molecule has 28 heavy (non-hydrogen) atoms. The van der Waals surface area contributed by atoms with Crippen molar-refractivity contribution < 1.29 is 13.6 Å². The molecule has 1 saturated carbocycles. The van der Waals surface area contributed by atoms with Crippen LogP contribution in [0.5, 0.6) is 0 Å². The average Bonchev–Trinajstić information content (AvgIpc) is 2.98. The number of piperidine rings is 1. The SMILES string of the molecule is C=CC.CC1CCC(Nc2ncnc3[nH]cc(C4C(C)C4(F)F)c23)CN1C=O. The van der Waals surface area contributed by atoms with Crippen LogP contribution in [0, 0.1) is 5.92 Å². The van der Waals surface area contributed by atoms with Crippen molar-refractivity contribution in [3.05, 3.63) is 30.7 Å². The van der Waals surface area contributed by atoms with E-state index in [1.54, 1.807) is 24.1 Å². The topological polar surface area (TPSA) is 73.9 Å². The van der Waals surface area contributed by atoms with E-state index in [1.807, 2.05) is 13.8 Å². The number of hydrogen-bond donors (Lipinski definition) is 2. The van der Waals surface area contributed by atoms with Crippen LogP contribution in [0.25, 0.3) is 11.0 Å². The number of allylic oxidation sites excluding steroid dienone is 1. The molecule has 0 aromatic carbocycles. The highest BCUT2D eigenvalue weighted by molar-refractivity contribution is 5.91. The van der Waals surface area contributed by atoms with Crippen molar-refractivity contribution in [3.8, 4) is 0 Å². The van der Waals surface area contributed by atoms with E-state index in [0.29, 0.717) is 29.0 Å². The van der Waals surface area contributed by atoms with Crippen LogP contribution in [0.2, 0.25) is 0 Å². The van der Waals surface area contributed by atoms with Gasteiger partial charge in [0.15, 0.2) is 0 Å². The van der Waals surface area contributed by atoms with E-state index in [2.05, 4.69) is 26.8 Å². The third-order valence-corrected chi connectivity index (χ3v) is 5.65. The number of rotatable bonds is 4. The highest BCUT2D eigenvalue weighted by atomic mass is 19.3. The van der Waals surface area contributed by atoms with E-state index in [9.17, 15) is 13.6 Å². The van der Waals surface area contributed by atoms with E-state index in [-0.39, 0.29) is 12.1 Å². The van der Waals surface area contributed by atoms with Crippen LogP contribution in [0.3, 0.4) is 0 Å². The summed E-state index contributed by atoms with van der Waals surface area (Å²) in [6, 6.07) is 0.258. The van der Waals surface area contributed by atoms with Crippen molar-refractivity contribution in [1.29, 1.82) is 0 Å². The molecular weight excluding hydrogens is 364 g/mol. The maximum atomic E-state index is 13.9. The Bertz CT molecular complexity index is 852. The Morgan fingerprint density at radius 2 is 2.04 bits per heavy atom. The summed E-state index contributed by atoms with van der Waals surface area (Å²) in [7, 11) is 0. The van der Waals surface area contributed by atoms with Gasteiger partial charge in [0, 0.05) is 30.7 Å². The van der Waals surface area contributed by atoms with Crippen LogP contribution >= 0.6 is 0 Å². The van der Waals surface area contributed by atoms with Crippen LogP contribution in [0.4, 0.5) is 14.6 Å². The number of likely N-dealkylation sites (tertiary alicyclic amines) is 1. The number of alkyl halides is 2. The molecular formula is C20H27F2N5O. The van der Waals surface area contributed by atoms with Crippen LogP contribution in [-0.4, -0.2) is 50.8 Å². The zero-order valence-electron chi connectivity index (χ0n) is 16.5. The lowest BCUT2D eigenvalue weighted by Gasteiger charge is -2.36. The van der Waals surface area contributed by atoms with Crippen molar-refractivity contribution in [3.63, 3.8) is 0 Å². The minimum atomic E-state index is -2.68. The molecule has 6 nitrogen and oxygen atoms in total. The minimum absolute atomic E-state index is 0.0411. The number of fused-ring (bicyclic) bond motifs is 1. The number of anilines is 1. The number of carbonyl (C=O) groups is 1. The Hall–Kier alpha value is -2.51. The maximum absolute atomic E-state index is 13.9. The fourth-order valence-electron chi connectivity index (χ4n) is 3.89. The number of carbonyl (C=O) groups excluding carboxylic acids is 1. The Kier molecular flexibility index (Phi) is 5.67. The molecule has 4 atom stereocenters. The smallest absolute Gasteiger partial charge is 0.258 e. The van der Waals surface area contributed by atoms with Gasteiger partial charge < -0.3 is 15.2 Å². The first-order valence-electron chi connectivity index (χ1n) is 9.59. The third-order valence-electron chi connectivity index (χ3n) is 5.65. The van der Waals surface area contributed by atoms with Crippen LogP contribution in [-0.2, 0) is 4.79 Å². The van der Waals surface area contributed by atoms with Crippen molar-refractivity contribution >= 4 is 23.3 Å². The second kappa shape index (κ2) is 7.85. The molecule has 1 amide bonds. The number of nitrogens with zero attached hydrogens (tertiary/aromatic N) is 3. The van der Waals surface area contributed by atoms with Crippen molar-refractivity contribution in [1.82, 2.24) is 19.9 Å². The summed E-state index contributed by atoms with van der Waals surface area (Å²) in [6.07, 6.45) is 7.44. The summed E-state index contributed by atoms with van der Waals surface area (Å²) in [5, 5.41) is 3.98.